The number of para-hydroxylation sites is 1. The maximum Gasteiger partial charge on any atom is 0.137 e. The van der Waals surface area contributed by atoms with Crippen molar-refractivity contribution in [2.75, 3.05) is 4.90 Å². The number of hydrogen-bond acceptors (Lipinski definition) is 2. The molecule has 0 N–H and O–H groups in total. The first kappa shape index (κ1) is 35.3. The summed E-state index contributed by atoms with van der Waals surface area (Å²) >= 11 is 0. The summed E-state index contributed by atoms with van der Waals surface area (Å²) in [6.07, 6.45) is 0. The van der Waals surface area contributed by atoms with Gasteiger partial charge in [-0.1, -0.05) is 178 Å². The molecule has 11 aromatic rings. The van der Waals surface area contributed by atoms with Gasteiger partial charge in [0, 0.05) is 39.2 Å². The Kier molecular flexibility index (Phi) is 7.92. The van der Waals surface area contributed by atoms with E-state index in [4.69, 9.17) is 4.42 Å². The Labute approximate surface area is 355 Å². The lowest BCUT2D eigenvalue weighted by molar-refractivity contribution is 0.660. The van der Waals surface area contributed by atoms with Gasteiger partial charge in [-0.15, -0.1) is 0 Å². The maximum atomic E-state index is 6.59. The molecule has 0 bridgehead atoms. The largest absolute Gasteiger partial charge is 0.456 e. The lowest BCUT2D eigenvalue weighted by Gasteiger charge is -2.31. The molecule has 2 nitrogen and oxygen atoms in total. The van der Waals surface area contributed by atoms with Gasteiger partial charge in [-0.25, -0.2) is 0 Å². The van der Waals surface area contributed by atoms with Crippen molar-refractivity contribution in [3.63, 3.8) is 0 Å². The number of rotatable bonds is 6. The molecular weight excluding hydrogens is 739 g/mol. The van der Waals surface area contributed by atoms with Crippen molar-refractivity contribution < 1.29 is 4.42 Å². The predicted molar refractivity (Wildman–Crippen MR) is 257 cm³/mol. The van der Waals surface area contributed by atoms with Crippen LogP contribution in [0.4, 0.5) is 17.1 Å². The highest BCUT2D eigenvalue weighted by Gasteiger charge is 2.36. The molecule has 0 unspecified atom stereocenters. The van der Waals surface area contributed by atoms with Gasteiger partial charge in [0.15, 0.2) is 0 Å². The molecule has 0 amide bonds. The zero-order chi connectivity index (χ0) is 40.7. The molecular formula is C59H41NO. The standard InChI is InChI=1S/C59H41NO/c1-59(2)53-24-12-10-21-47(53)48-33-31-42(36-54(48)59)60(43-32-34-50-49-22-11-13-26-56(49)61-57(50)37-43)55-25-14-23-51(58(55)40-29-27-39(28-30-40)38-15-4-3-5-16-38)52-35-41-17-6-7-18-44(41)45-19-8-9-20-46(45)52/h3-37H,1-2H3. The van der Waals surface area contributed by atoms with Gasteiger partial charge in [0.1, 0.15) is 11.2 Å². The zero-order valence-corrected chi connectivity index (χ0v) is 34.1. The molecule has 1 heterocycles. The third-order valence-electron chi connectivity index (χ3n) is 13.1. The minimum atomic E-state index is -0.168. The van der Waals surface area contributed by atoms with Gasteiger partial charge in [0.2, 0.25) is 0 Å². The van der Waals surface area contributed by atoms with E-state index in [1.54, 1.807) is 0 Å². The van der Waals surface area contributed by atoms with Gasteiger partial charge in [-0.2, -0.15) is 0 Å². The summed E-state index contributed by atoms with van der Waals surface area (Å²) in [6, 6.07) is 77.6. The van der Waals surface area contributed by atoms with E-state index in [0.717, 1.165) is 50.1 Å². The van der Waals surface area contributed by atoms with E-state index in [0.29, 0.717) is 0 Å². The van der Waals surface area contributed by atoms with Crippen molar-refractivity contribution >= 4 is 60.5 Å². The number of fused-ring (bicyclic) bond motifs is 9. The third-order valence-corrected chi connectivity index (χ3v) is 13.1. The van der Waals surface area contributed by atoms with Gasteiger partial charge in [0.05, 0.1) is 5.69 Å². The van der Waals surface area contributed by atoms with E-state index in [1.807, 2.05) is 6.07 Å². The van der Waals surface area contributed by atoms with Crippen LogP contribution in [0, 0.1) is 0 Å². The van der Waals surface area contributed by atoms with Gasteiger partial charge < -0.3 is 9.32 Å². The van der Waals surface area contributed by atoms with Crippen LogP contribution in [0.1, 0.15) is 25.0 Å². The monoisotopic (exact) mass is 779 g/mol. The van der Waals surface area contributed by atoms with Crippen molar-refractivity contribution in [2.45, 2.75) is 19.3 Å². The van der Waals surface area contributed by atoms with Gasteiger partial charge in [0.25, 0.3) is 0 Å². The number of benzene rings is 10. The molecule has 1 aliphatic rings. The summed E-state index contributed by atoms with van der Waals surface area (Å²) in [6.45, 7) is 4.72. The smallest absolute Gasteiger partial charge is 0.137 e. The molecule has 1 aliphatic carbocycles. The van der Waals surface area contributed by atoms with Crippen LogP contribution in [0.2, 0.25) is 0 Å². The van der Waals surface area contributed by atoms with Gasteiger partial charge >= 0.3 is 0 Å². The highest BCUT2D eigenvalue weighted by molar-refractivity contribution is 6.16. The third kappa shape index (κ3) is 5.56. The summed E-state index contributed by atoms with van der Waals surface area (Å²) in [5, 5.41) is 7.19. The van der Waals surface area contributed by atoms with Crippen molar-refractivity contribution in [1.82, 2.24) is 0 Å². The summed E-state index contributed by atoms with van der Waals surface area (Å²) in [4.78, 5) is 2.46. The van der Waals surface area contributed by atoms with E-state index < -0.39 is 0 Å². The molecule has 0 atom stereocenters. The van der Waals surface area contributed by atoms with Crippen molar-refractivity contribution in [3.8, 4) is 44.5 Å². The van der Waals surface area contributed by atoms with Crippen LogP contribution >= 0.6 is 0 Å². The first-order valence-corrected chi connectivity index (χ1v) is 21.2. The molecule has 0 fully saturated rings. The predicted octanol–water partition coefficient (Wildman–Crippen LogP) is 16.7. The fourth-order valence-electron chi connectivity index (χ4n) is 10.1. The molecule has 10 aromatic carbocycles. The van der Waals surface area contributed by atoms with Crippen LogP contribution in [-0.2, 0) is 5.41 Å². The zero-order valence-electron chi connectivity index (χ0n) is 34.1. The van der Waals surface area contributed by atoms with Crippen LogP contribution in [0.5, 0.6) is 0 Å². The molecule has 2 heteroatoms. The Bertz CT molecular complexity index is 3500. The first-order valence-electron chi connectivity index (χ1n) is 21.2. The molecule has 0 radical (unpaired) electrons. The molecule has 0 saturated carbocycles. The highest BCUT2D eigenvalue weighted by atomic mass is 16.3. The Balaban J connectivity index is 1.15. The number of anilines is 3. The number of furan rings is 1. The van der Waals surface area contributed by atoms with Crippen LogP contribution < -0.4 is 4.90 Å². The second-order valence-electron chi connectivity index (χ2n) is 16.8. The average molecular weight is 780 g/mol. The summed E-state index contributed by atoms with van der Waals surface area (Å²) < 4.78 is 6.59. The summed E-state index contributed by atoms with van der Waals surface area (Å²) in [5.74, 6) is 0. The van der Waals surface area contributed by atoms with Crippen LogP contribution in [0.3, 0.4) is 0 Å². The molecule has 0 aliphatic heterocycles. The second kappa shape index (κ2) is 13.7. The Morgan fingerprint density at radius 3 is 1.82 bits per heavy atom. The molecule has 0 saturated heterocycles. The molecule has 12 rings (SSSR count). The van der Waals surface area contributed by atoms with Crippen molar-refractivity contribution in [1.29, 1.82) is 0 Å². The van der Waals surface area contributed by atoms with Gasteiger partial charge in [-0.3, -0.25) is 0 Å². The van der Waals surface area contributed by atoms with E-state index in [2.05, 4.69) is 225 Å². The molecule has 0 spiro atoms. The highest BCUT2D eigenvalue weighted by Crippen LogP contribution is 2.53. The van der Waals surface area contributed by atoms with Gasteiger partial charge in [-0.05, 0) is 114 Å². The van der Waals surface area contributed by atoms with Crippen molar-refractivity contribution in [2.24, 2.45) is 0 Å². The summed E-state index contributed by atoms with van der Waals surface area (Å²) in [5.41, 5.74) is 17.2. The Hall–Kier alpha value is -7.68. The first-order chi connectivity index (χ1) is 30.0. The Morgan fingerprint density at radius 1 is 0.361 bits per heavy atom. The quantitative estimate of drug-likeness (QED) is 0.156. The lowest BCUT2D eigenvalue weighted by Crippen LogP contribution is -2.17. The normalized spacial score (nSPS) is 12.9. The van der Waals surface area contributed by atoms with E-state index in [9.17, 15) is 0 Å². The topological polar surface area (TPSA) is 16.4 Å². The van der Waals surface area contributed by atoms with Crippen molar-refractivity contribution in [3.05, 3.63) is 223 Å². The maximum absolute atomic E-state index is 6.59. The van der Waals surface area contributed by atoms with E-state index >= 15 is 0 Å². The summed E-state index contributed by atoms with van der Waals surface area (Å²) in [7, 11) is 0. The second-order valence-corrected chi connectivity index (χ2v) is 16.8. The molecule has 1 aromatic heterocycles. The fourth-order valence-corrected chi connectivity index (χ4v) is 10.1. The minimum Gasteiger partial charge on any atom is -0.456 e. The minimum absolute atomic E-state index is 0.168. The average Bonchev–Trinajstić information content (AvgIpc) is 3.80. The molecule has 288 valence electrons. The van der Waals surface area contributed by atoms with E-state index in [1.165, 1.54) is 66.1 Å². The Morgan fingerprint density at radius 2 is 0.967 bits per heavy atom. The van der Waals surface area contributed by atoms with E-state index in [-0.39, 0.29) is 5.41 Å². The molecule has 61 heavy (non-hydrogen) atoms. The fraction of sp³-hybridized carbons (Fsp3) is 0.0508. The SMILES string of the molecule is CC1(C)c2ccccc2-c2ccc(N(c3ccc4c(c3)oc3ccccc34)c3cccc(-c4cc5ccccc5c5ccccc45)c3-c3ccc(-c4ccccc4)cc3)cc21. The van der Waals surface area contributed by atoms with Crippen LogP contribution in [0.25, 0.3) is 88.0 Å². The number of hydrogen-bond donors (Lipinski definition) is 0. The van der Waals surface area contributed by atoms with Crippen LogP contribution in [-0.4, -0.2) is 0 Å². The van der Waals surface area contributed by atoms with Crippen LogP contribution in [0.15, 0.2) is 217 Å². The lowest BCUT2D eigenvalue weighted by atomic mass is 9.82. The number of nitrogens with zero attached hydrogens (tertiary/aromatic N) is 1.